The van der Waals surface area contributed by atoms with E-state index in [2.05, 4.69) is 5.32 Å². The molecule has 0 atom stereocenters. The monoisotopic (exact) mass is 397 g/mol. The largest absolute Gasteiger partial charge is 0.491 e. The Morgan fingerprint density at radius 1 is 1.17 bits per heavy atom. The van der Waals surface area contributed by atoms with Crippen LogP contribution in [0.5, 0.6) is 5.75 Å². The van der Waals surface area contributed by atoms with Crippen molar-refractivity contribution in [3.8, 4) is 5.75 Å². The highest BCUT2D eigenvalue weighted by molar-refractivity contribution is 5.79. The van der Waals surface area contributed by atoms with Crippen LogP contribution in [0.3, 0.4) is 0 Å². The van der Waals surface area contributed by atoms with Crippen molar-refractivity contribution in [2.75, 3.05) is 18.0 Å². The fourth-order valence-electron chi connectivity index (χ4n) is 3.61. The van der Waals surface area contributed by atoms with E-state index < -0.39 is 0 Å². The summed E-state index contributed by atoms with van der Waals surface area (Å²) in [6, 6.07) is 14.5. The van der Waals surface area contributed by atoms with Gasteiger partial charge in [-0.1, -0.05) is 30.3 Å². The molecule has 1 saturated heterocycles. The quantitative estimate of drug-likeness (QED) is 0.565. The van der Waals surface area contributed by atoms with Gasteiger partial charge in [0.1, 0.15) is 11.4 Å². The first-order valence-corrected chi connectivity index (χ1v) is 9.96. The summed E-state index contributed by atoms with van der Waals surface area (Å²) in [6.07, 6.45) is 1.41. The maximum absolute atomic E-state index is 12.6. The maximum atomic E-state index is 12.6. The molecule has 1 fully saturated rings. The summed E-state index contributed by atoms with van der Waals surface area (Å²) in [5, 5.41) is 14.3. The van der Waals surface area contributed by atoms with Crippen molar-refractivity contribution in [3.05, 3.63) is 64.2 Å². The zero-order valence-corrected chi connectivity index (χ0v) is 16.8. The lowest BCUT2D eigenvalue weighted by atomic mass is 9.95. The number of piperidine rings is 1. The van der Waals surface area contributed by atoms with Crippen LogP contribution in [0.1, 0.15) is 32.3 Å². The lowest BCUT2D eigenvalue weighted by Gasteiger charge is -2.32. The van der Waals surface area contributed by atoms with Crippen LogP contribution >= 0.6 is 0 Å². The molecule has 7 heteroatoms. The number of carbonyl (C=O) groups excluding carboxylic acids is 1. The lowest BCUT2D eigenvalue weighted by molar-refractivity contribution is -0.384. The summed E-state index contributed by atoms with van der Waals surface area (Å²) in [4.78, 5) is 25.5. The maximum Gasteiger partial charge on any atom is 0.292 e. The van der Waals surface area contributed by atoms with Crippen molar-refractivity contribution in [3.63, 3.8) is 0 Å². The molecule has 0 radical (unpaired) electrons. The van der Waals surface area contributed by atoms with Gasteiger partial charge >= 0.3 is 0 Å². The van der Waals surface area contributed by atoms with Crippen LogP contribution in [-0.4, -0.2) is 30.0 Å². The number of benzene rings is 2. The van der Waals surface area contributed by atoms with Gasteiger partial charge in [0, 0.05) is 37.2 Å². The number of para-hydroxylation sites is 3. The first-order valence-electron chi connectivity index (χ1n) is 9.96. The molecule has 1 amide bonds. The number of nitrogens with zero attached hydrogens (tertiary/aromatic N) is 2. The van der Waals surface area contributed by atoms with Gasteiger partial charge in [0.15, 0.2) is 0 Å². The second-order valence-corrected chi connectivity index (χ2v) is 7.50. The molecule has 0 spiro atoms. The minimum absolute atomic E-state index is 0.0200. The number of hydrogen-bond donors (Lipinski definition) is 1. The van der Waals surface area contributed by atoms with E-state index in [1.165, 1.54) is 6.07 Å². The number of anilines is 1. The smallest absolute Gasteiger partial charge is 0.292 e. The summed E-state index contributed by atoms with van der Waals surface area (Å²) in [6.45, 7) is 5.61. The molecule has 1 N–H and O–H groups in total. The fourth-order valence-corrected chi connectivity index (χ4v) is 3.61. The second kappa shape index (κ2) is 9.41. The normalized spacial score (nSPS) is 14.7. The number of hydrogen-bond acceptors (Lipinski definition) is 5. The van der Waals surface area contributed by atoms with Crippen LogP contribution in [0.2, 0.25) is 0 Å². The average molecular weight is 397 g/mol. The van der Waals surface area contributed by atoms with Crippen LogP contribution in [0.25, 0.3) is 0 Å². The first kappa shape index (κ1) is 20.6. The number of ether oxygens (including phenoxy) is 1. The number of rotatable bonds is 7. The minimum Gasteiger partial charge on any atom is -0.491 e. The highest BCUT2D eigenvalue weighted by Crippen LogP contribution is 2.31. The molecule has 1 heterocycles. The van der Waals surface area contributed by atoms with Gasteiger partial charge in [0.05, 0.1) is 11.0 Å². The van der Waals surface area contributed by atoms with Gasteiger partial charge in [0.2, 0.25) is 5.91 Å². The van der Waals surface area contributed by atoms with Gasteiger partial charge in [-0.15, -0.1) is 0 Å². The highest BCUT2D eigenvalue weighted by atomic mass is 16.6. The van der Waals surface area contributed by atoms with Crippen LogP contribution in [0, 0.1) is 16.0 Å². The first-order chi connectivity index (χ1) is 14.0. The Bertz CT molecular complexity index is 861. The summed E-state index contributed by atoms with van der Waals surface area (Å²) in [7, 11) is 0. The van der Waals surface area contributed by atoms with Crippen molar-refractivity contribution >= 4 is 17.3 Å². The molecular formula is C22H27N3O4. The molecule has 2 aromatic rings. The summed E-state index contributed by atoms with van der Waals surface area (Å²) in [5.41, 5.74) is 1.68. The Balaban J connectivity index is 1.56. The van der Waals surface area contributed by atoms with E-state index in [-0.39, 0.29) is 28.5 Å². The van der Waals surface area contributed by atoms with E-state index >= 15 is 0 Å². The molecule has 2 aromatic carbocycles. The molecule has 0 aromatic heterocycles. The van der Waals surface area contributed by atoms with Crippen molar-refractivity contribution in [1.29, 1.82) is 0 Å². The van der Waals surface area contributed by atoms with Crippen LogP contribution < -0.4 is 15.0 Å². The van der Waals surface area contributed by atoms with Gasteiger partial charge in [-0.25, -0.2) is 0 Å². The number of amides is 1. The molecule has 3 rings (SSSR count). The Labute approximate surface area is 170 Å². The fraction of sp³-hybridized carbons (Fsp3) is 0.409. The third-order valence-corrected chi connectivity index (χ3v) is 5.07. The molecule has 0 aliphatic carbocycles. The number of nitrogens with one attached hydrogen (secondary N) is 1. The third-order valence-electron chi connectivity index (χ3n) is 5.07. The molecule has 0 unspecified atom stereocenters. The van der Waals surface area contributed by atoms with Crippen LogP contribution in [0.15, 0.2) is 48.5 Å². The molecule has 7 nitrogen and oxygen atoms in total. The van der Waals surface area contributed by atoms with Gasteiger partial charge in [-0.05, 0) is 38.8 Å². The SMILES string of the molecule is CC(C)Oc1ccccc1CNC(=O)C1CCN(c2ccccc2[N+](=O)[O-])CC1. The predicted molar refractivity (Wildman–Crippen MR) is 112 cm³/mol. The topological polar surface area (TPSA) is 84.7 Å². The van der Waals surface area contributed by atoms with E-state index in [4.69, 9.17) is 4.74 Å². The number of nitro groups is 1. The van der Waals surface area contributed by atoms with Crippen molar-refractivity contribution in [1.82, 2.24) is 5.32 Å². The summed E-state index contributed by atoms with van der Waals surface area (Å²) in [5.74, 6) is 0.716. The van der Waals surface area contributed by atoms with Gasteiger partial charge in [-0.2, -0.15) is 0 Å². The van der Waals surface area contributed by atoms with E-state index in [9.17, 15) is 14.9 Å². The van der Waals surface area contributed by atoms with Gasteiger partial charge in [-0.3, -0.25) is 14.9 Å². The van der Waals surface area contributed by atoms with Crippen molar-refractivity contribution in [2.24, 2.45) is 5.92 Å². The summed E-state index contributed by atoms with van der Waals surface area (Å²) >= 11 is 0. The molecule has 154 valence electrons. The van der Waals surface area contributed by atoms with Gasteiger partial charge in [0.25, 0.3) is 5.69 Å². The molecule has 0 saturated carbocycles. The molecular weight excluding hydrogens is 370 g/mol. The predicted octanol–water partition coefficient (Wildman–Crippen LogP) is 3.91. The van der Waals surface area contributed by atoms with Crippen LogP contribution in [0.4, 0.5) is 11.4 Å². The van der Waals surface area contributed by atoms with E-state index in [1.54, 1.807) is 18.2 Å². The molecule has 29 heavy (non-hydrogen) atoms. The van der Waals surface area contributed by atoms with Crippen molar-refractivity contribution < 1.29 is 14.5 Å². The Kier molecular flexibility index (Phi) is 6.69. The number of nitro benzene ring substituents is 1. The standard InChI is InChI=1S/C22H27N3O4/c1-16(2)29-21-10-6-3-7-18(21)15-23-22(26)17-11-13-24(14-12-17)19-8-4-5-9-20(19)25(27)28/h3-10,16-17H,11-15H2,1-2H3,(H,23,26). The average Bonchev–Trinajstić information content (AvgIpc) is 2.72. The van der Waals surface area contributed by atoms with E-state index in [0.29, 0.717) is 38.2 Å². The molecule has 1 aliphatic rings. The van der Waals surface area contributed by atoms with Crippen LogP contribution in [-0.2, 0) is 11.3 Å². The Morgan fingerprint density at radius 3 is 2.52 bits per heavy atom. The van der Waals surface area contributed by atoms with E-state index in [0.717, 1.165) is 11.3 Å². The molecule has 1 aliphatic heterocycles. The number of carbonyl (C=O) groups is 1. The highest BCUT2D eigenvalue weighted by Gasteiger charge is 2.28. The second-order valence-electron chi connectivity index (χ2n) is 7.50. The zero-order chi connectivity index (χ0) is 20.8. The van der Waals surface area contributed by atoms with E-state index in [1.807, 2.05) is 43.0 Å². The minimum atomic E-state index is -0.356. The Morgan fingerprint density at radius 2 is 1.83 bits per heavy atom. The molecule has 0 bridgehead atoms. The third kappa shape index (κ3) is 5.25. The van der Waals surface area contributed by atoms with Crippen molar-refractivity contribution in [2.45, 2.75) is 39.3 Å². The zero-order valence-electron chi connectivity index (χ0n) is 16.8. The summed E-state index contributed by atoms with van der Waals surface area (Å²) < 4.78 is 5.80. The lowest BCUT2D eigenvalue weighted by Crippen LogP contribution is -2.40. The Hall–Kier alpha value is -3.09. The van der Waals surface area contributed by atoms with Gasteiger partial charge < -0.3 is 15.0 Å².